The molecule has 13 heavy (non-hydrogen) atoms. The average Bonchev–Trinajstić information content (AvgIpc) is 1.94. The Labute approximate surface area is 79.1 Å². The Kier molecular flexibility index (Phi) is 2.51. The molecular formula is C7H3BrF4O. The molecule has 1 aromatic rings. The lowest BCUT2D eigenvalue weighted by atomic mass is 10.2. The second-order valence-electron chi connectivity index (χ2n) is 2.28. The lowest BCUT2D eigenvalue weighted by molar-refractivity contribution is -0.140. The van der Waals surface area contributed by atoms with Crippen LogP contribution in [0, 0.1) is 5.82 Å². The summed E-state index contributed by atoms with van der Waals surface area (Å²) in [4.78, 5) is 0. The van der Waals surface area contributed by atoms with Crippen LogP contribution in [0.5, 0.6) is 5.75 Å². The summed E-state index contributed by atoms with van der Waals surface area (Å²) in [5.41, 5.74) is -1.41. The number of phenolic OH excluding ortho intramolecular Hbond substituents is 1. The van der Waals surface area contributed by atoms with Crippen LogP contribution in [-0.2, 0) is 6.18 Å². The van der Waals surface area contributed by atoms with Crippen LogP contribution in [0.15, 0.2) is 16.6 Å². The summed E-state index contributed by atoms with van der Waals surface area (Å²) < 4.78 is 48.5. The minimum Gasteiger partial charge on any atom is -0.507 e. The largest absolute Gasteiger partial charge is 0.507 e. The van der Waals surface area contributed by atoms with E-state index in [1.807, 2.05) is 0 Å². The highest BCUT2D eigenvalue weighted by Crippen LogP contribution is 2.36. The van der Waals surface area contributed by atoms with Crippen LogP contribution in [-0.4, -0.2) is 5.11 Å². The summed E-state index contributed by atoms with van der Waals surface area (Å²) in [6.07, 6.45) is -4.75. The number of rotatable bonds is 0. The normalized spacial score (nSPS) is 11.8. The van der Waals surface area contributed by atoms with E-state index in [1.165, 1.54) is 0 Å². The zero-order valence-corrected chi connectivity index (χ0v) is 7.58. The summed E-state index contributed by atoms with van der Waals surface area (Å²) in [5, 5.41) is 8.84. The molecule has 1 N–H and O–H groups in total. The summed E-state index contributed by atoms with van der Waals surface area (Å²) in [6.45, 7) is 0. The molecule has 0 heterocycles. The van der Waals surface area contributed by atoms with Gasteiger partial charge in [0.1, 0.15) is 11.6 Å². The van der Waals surface area contributed by atoms with Crippen molar-refractivity contribution in [3.05, 3.63) is 28.0 Å². The average molecular weight is 259 g/mol. The molecule has 0 bridgehead atoms. The molecule has 0 fully saturated rings. The van der Waals surface area contributed by atoms with Gasteiger partial charge in [0.05, 0.1) is 10.0 Å². The zero-order chi connectivity index (χ0) is 10.2. The third kappa shape index (κ3) is 2.12. The maximum atomic E-state index is 12.6. The number of benzene rings is 1. The van der Waals surface area contributed by atoms with Gasteiger partial charge in [-0.3, -0.25) is 0 Å². The second kappa shape index (κ2) is 3.17. The number of phenols is 1. The summed E-state index contributed by atoms with van der Waals surface area (Å²) in [7, 11) is 0. The van der Waals surface area contributed by atoms with E-state index >= 15 is 0 Å². The highest BCUT2D eigenvalue weighted by molar-refractivity contribution is 9.10. The van der Waals surface area contributed by atoms with Crippen LogP contribution < -0.4 is 0 Å². The monoisotopic (exact) mass is 258 g/mol. The van der Waals surface area contributed by atoms with Crippen molar-refractivity contribution >= 4 is 15.9 Å². The van der Waals surface area contributed by atoms with Gasteiger partial charge in [0.2, 0.25) is 0 Å². The Morgan fingerprint density at radius 1 is 1.23 bits per heavy atom. The SMILES string of the molecule is Oc1cc(F)c(C(F)(F)F)cc1Br. The van der Waals surface area contributed by atoms with Crippen LogP contribution in [0.4, 0.5) is 17.6 Å². The number of hydrogen-bond donors (Lipinski definition) is 1. The molecule has 0 saturated heterocycles. The minimum atomic E-state index is -4.75. The van der Waals surface area contributed by atoms with Crippen LogP contribution in [0.2, 0.25) is 0 Å². The highest BCUT2D eigenvalue weighted by Gasteiger charge is 2.34. The second-order valence-corrected chi connectivity index (χ2v) is 3.14. The van der Waals surface area contributed by atoms with Gasteiger partial charge in [-0.05, 0) is 22.0 Å². The van der Waals surface area contributed by atoms with Crippen molar-refractivity contribution in [2.75, 3.05) is 0 Å². The van der Waals surface area contributed by atoms with Crippen molar-refractivity contribution in [1.29, 1.82) is 0 Å². The van der Waals surface area contributed by atoms with E-state index in [0.717, 1.165) is 0 Å². The number of alkyl halides is 3. The van der Waals surface area contributed by atoms with Gasteiger partial charge >= 0.3 is 6.18 Å². The summed E-state index contributed by atoms with van der Waals surface area (Å²) >= 11 is 2.66. The first-order chi connectivity index (χ1) is 5.82. The van der Waals surface area contributed by atoms with Crippen LogP contribution in [0.25, 0.3) is 0 Å². The molecule has 0 spiro atoms. The third-order valence-corrected chi connectivity index (χ3v) is 1.98. The molecule has 0 atom stereocenters. The van der Waals surface area contributed by atoms with Crippen molar-refractivity contribution in [3.8, 4) is 5.75 Å². The fourth-order valence-corrected chi connectivity index (χ4v) is 1.10. The predicted octanol–water partition coefficient (Wildman–Crippen LogP) is 3.31. The van der Waals surface area contributed by atoms with Gasteiger partial charge < -0.3 is 5.11 Å². The Morgan fingerprint density at radius 2 is 1.77 bits per heavy atom. The Bertz CT molecular complexity index is 334. The summed E-state index contributed by atoms with van der Waals surface area (Å²) in [5.74, 6) is -2.06. The molecule has 72 valence electrons. The van der Waals surface area contributed by atoms with Gasteiger partial charge in [0.15, 0.2) is 0 Å². The van der Waals surface area contributed by atoms with E-state index in [2.05, 4.69) is 15.9 Å². The fraction of sp³-hybridized carbons (Fsp3) is 0.143. The fourth-order valence-electron chi connectivity index (χ4n) is 0.754. The van der Waals surface area contributed by atoms with Gasteiger partial charge in [-0.15, -0.1) is 0 Å². The van der Waals surface area contributed by atoms with Crippen molar-refractivity contribution in [2.24, 2.45) is 0 Å². The molecule has 1 rings (SSSR count). The van der Waals surface area contributed by atoms with Gasteiger partial charge in [-0.2, -0.15) is 13.2 Å². The zero-order valence-electron chi connectivity index (χ0n) is 5.99. The molecule has 6 heteroatoms. The Morgan fingerprint density at radius 3 is 2.23 bits per heavy atom. The third-order valence-electron chi connectivity index (χ3n) is 1.34. The number of hydrogen-bond acceptors (Lipinski definition) is 1. The summed E-state index contributed by atoms with van der Waals surface area (Å²) in [6, 6.07) is 0.900. The van der Waals surface area contributed by atoms with Crippen LogP contribution in [0.3, 0.4) is 0 Å². The van der Waals surface area contributed by atoms with Crippen LogP contribution in [0.1, 0.15) is 5.56 Å². The molecule has 0 saturated carbocycles. The molecule has 0 unspecified atom stereocenters. The van der Waals surface area contributed by atoms with Gasteiger partial charge in [0, 0.05) is 6.07 Å². The molecule has 0 amide bonds. The van der Waals surface area contributed by atoms with Gasteiger partial charge in [-0.25, -0.2) is 4.39 Å². The molecule has 0 aliphatic rings. The number of aromatic hydroxyl groups is 1. The van der Waals surface area contributed by atoms with Crippen molar-refractivity contribution in [3.63, 3.8) is 0 Å². The molecule has 0 aromatic heterocycles. The quantitative estimate of drug-likeness (QED) is 0.708. The molecule has 0 aliphatic carbocycles. The topological polar surface area (TPSA) is 20.2 Å². The first-order valence-electron chi connectivity index (χ1n) is 3.07. The van der Waals surface area contributed by atoms with E-state index in [-0.39, 0.29) is 4.47 Å². The standard InChI is InChI=1S/C7H3BrF4O/c8-4-1-3(7(10,11)12)5(9)2-6(4)13/h1-2,13H. The highest BCUT2D eigenvalue weighted by atomic mass is 79.9. The van der Waals surface area contributed by atoms with Gasteiger partial charge in [-0.1, -0.05) is 0 Å². The lowest BCUT2D eigenvalue weighted by Crippen LogP contribution is -2.07. The molecule has 1 aromatic carbocycles. The molecular weight excluding hydrogens is 256 g/mol. The van der Waals surface area contributed by atoms with E-state index in [0.29, 0.717) is 12.1 Å². The first-order valence-corrected chi connectivity index (χ1v) is 3.87. The molecule has 0 aliphatic heterocycles. The maximum absolute atomic E-state index is 12.6. The smallest absolute Gasteiger partial charge is 0.419 e. The van der Waals surface area contributed by atoms with Gasteiger partial charge in [0.25, 0.3) is 0 Å². The first kappa shape index (κ1) is 10.3. The predicted molar refractivity (Wildman–Crippen MR) is 40.8 cm³/mol. The molecule has 1 nitrogen and oxygen atoms in total. The molecule has 0 radical (unpaired) electrons. The lowest BCUT2D eigenvalue weighted by Gasteiger charge is -2.08. The number of halogens is 5. The van der Waals surface area contributed by atoms with Crippen LogP contribution >= 0.6 is 15.9 Å². The van der Waals surface area contributed by atoms with E-state index in [1.54, 1.807) is 0 Å². The Balaban J connectivity index is 3.32. The maximum Gasteiger partial charge on any atom is 0.419 e. The van der Waals surface area contributed by atoms with Crippen molar-refractivity contribution < 1.29 is 22.7 Å². The van der Waals surface area contributed by atoms with E-state index in [4.69, 9.17) is 5.11 Å². The van der Waals surface area contributed by atoms with Crippen molar-refractivity contribution in [1.82, 2.24) is 0 Å². The Hall–Kier alpha value is -0.780. The van der Waals surface area contributed by atoms with E-state index < -0.39 is 23.3 Å². The van der Waals surface area contributed by atoms with E-state index in [9.17, 15) is 17.6 Å². The van der Waals surface area contributed by atoms with Crippen molar-refractivity contribution in [2.45, 2.75) is 6.18 Å². The minimum absolute atomic E-state index is 0.193.